The number of carbonyl (C=O) groups is 1. The third-order valence-electron chi connectivity index (χ3n) is 4.62. The fourth-order valence-corrected chi connectivity index (χ4v) is 4.01. The highest BCUT2D eigenvalue weighted by Crippen LogP contribution is 2.14. The summed E-state index contributed by atoms with van der Waals surface area (Å²) >= 11 is 0. The number of nitrogens with one attached hydrogen (secondary N) is 2. The normalized spacial score (nSPS) is 11.0. The van der Waals surface area contributed by atoms with E-state index in [0.29, 0.717) is 11.4 Å². The first kappa shape index (κ1) is 22.1. The molecule has 0 bridgehead atoms. The van der Waals surface area contributed by atoms with Crippen LogP contribution in [0, 0.1) is 6.92 Å². The maximum Gasteiger partial charge on any atom is 0.275 e. The minimum atomic E-state index is -3.92. The molecule has 31 heavy (non-hydrogen) atoms. The van der Waals surface area contributed by atoms with Crippen molar-refractivity contribution >= 4 is 21.6 Å². The number of ether oxygens (including phenoxy) is 1. The molecule has 9 heteroatoms. The minimum absolute atomic E-state index is 0.0394. The second-order valence-corrected chi connectivity index (χ2v) is 8.51. The van der Waals surface area contributed by atoms with Crippen LogP contribution in [0.1, 0.15) is 11.3 Å². The van der Waals surface area contributed by atoms with Crippen LogP contribution in [0.5, 0.6) is 5.75 Å². The molecule has 2 aromatic carbocycles. The van der Waals surface area contributed by atoms with Gasteiger partial charge in [0.2, 0.25) is 5.91 Å². The average Bonchev–Trinajstić information content (AvgIpc) is 2.78. The van der Waals surface area contributed by atoms with Crippen molar-refractivity contribution in [1.29, 1.82) is 0 Å². The second-order valence-electron chi connectivity index (χ2n) is 6.83. The maximum atomic E-state index is 12.8. The molecule has 0 aliphatic heterocycles. The molecule has 0 spiro atoms. The third-order valence-corrected chi connectivity index (χ3v) is 6.00. The first-order valence-corrected chi connectivity index (χ1v) is 11.0. The smallest absolute Gasteiger partial charge is 0.275 e. The van der Waals surface area contributed by atoms with Gasteiger partial charge in [0.05, 0.1) is 12.0 Å². The van der Waals surface area contributed by atoms with Gasteiger partial charge in [0.25, 0.3) is 15.6 Å². The van der Waals surface area contributed by atoms with Crippen molar-refractivity contribution in [2.45, 2.75) is 24.9 Å². The highest BCUT2D eigenvalue weighted by atomic mass is 32.2. The van der Waals surface area contributed by atoms with Crippen molar-refractivity contribution in [3.63, 3.8) is 0 Å². The number of hydrogen-bond donors (Lipinski definition) is 2. The molecule has 3 rings (SSSR count). The topological polar surface area (TPSA) is 106 Å². The van der Waals surface area contributed by atoms with E-state index in [4.69, 9.17) is 4.74 Å². The van der Waals surface area contributed by atoms with E-state index >= 15 is 0 Å². The van der Waals surface area contributed by atoms with E-state index in [2.05, 4.69) is 10.0 Å². The molecule has 0 fully saturated rings. The molecule has 0 radical (unpaired) electrons. The lowest BCUT2D eigenvalue weighted by Crippen LogP contribution is -2.34. The fourth-order valence-electron chi connectivity index (χ4n) is 2.93. The first-order chi connectivity index (χ1) is 14.8. The molecule has 0 saturated heterocycles. The molecule has 0 saturated carbocycles. The monoisotopic (exact) mass is 441 g/mol. The van der Waals surface area contributed by atoms with Crippen molar-refractivity contribution in [1.82, 2.24) is 9.88 Å². The Kier molecular flexibility index (Phi) is 6.76. The molecular formula is C22H23N3O5S. The number of sulfonamides is 1. The largest absolute Gasteiger partial charge is 0.497 e. The first-order valence-electron chi connectivity index (χ1n) is 9.48. The van der Waals surface area contributed by atoms with Gasteiger partial charge < -0.3 is 14.6 Å². The number of amides is 1. The number of nitrogens with zero attached hydrogens (tertiary/aromatic N) is 1. The Labute approximate surface area is 180 Å². The molecule has 1 amide bonds. The van der Waals surface area contributed by atoms with E-state index in [-0.39, 0.29) is 29.6 Å². The number of aromatic nitrogens is 1. The number of hydrogen-bond acceptors (Lipinski definition) is 5. The van der Waals surface area contributed by atoms with Crippen LogP contribution in [-0.2, 0) is 27.9 Å². The Hall–Kier alpha value is -3.59. The van der Waals surface area contributed by atoms with Crippen molar-refractivity contribution < 1.29 is 17.9 Å². The van der Waals surface area contributed by atoms with Crippen molar-refractivity contribution in [2.24, 2.45) is 0 Å². The molecule has 1 heterocycles. The van der Waals surface area contributed by atoms with Gasteiger partial charge in [-0.15, -0.1) is 0 Å². The van der Waals surface area contributed by atoms with Crippen LogP contribution in [0.25, 0.3) is 0 Å². The number of pyridine rings is 1. The molecule has 3 aromatic rings. The Morgan fingerprint density at radius 3 is 2.48 bits per heavy atom. The Balaban J connectivity index is 1.74. The van der Waals surface area contributed by atoms with Crippen LogP contribution < -0.4 is 20.3 Å². The van der Waals surface area contributed by atoms with Gasteiger partial charge in [-0.3, -0.25) is 14.3 Å². The summed E-state index contributed by atoms with van der Waals surface area (Å²) in [6, 6.07) is 18.0. The minimum Gasteiger partial charge on any atom is -0.497 e. The van der Waals surface area contributed by atoms with Crippen molar-refractivity contribution in [3.05, 3.63) is 88.3 Å². The molecule has 0 aliphatic carbocycles. The summed E-state index contributed by atoms with van der Waals surface area (Å²) in [5, 5.41) is 2.75. The quantitative estimate of drug-likeness (QED) is 0.558. The summed E-state index contributed by atoms with van der Waals surface area (Å²) in [5.41, 5.74) is 0.649. The maximum absolute atomic E-state index is 12.8. The van der Waals surface area contributed by atoms with Crippen molar-refractivity contribution in [2.75, 3.05) is 11.8 Å². The molecule has 162 valence electrons. The van der Waals surface area contributed by atoms with Gasteiger partial charge >= 0.3 is 0 Å². The molecule has 2 N–H and O–H groups in total. The van der Waals surface area contributed by atoms with Crippen molar-refractivity contribution in [3.8, 4) is 5.75 Å². The molecule has 0 aliphatic rings. The Bertz CT molecular complexity index is 1240. The number of anilines is 1. The molecule has 0 atom stereocenters. The zero-order chi connectivity index (χ0) is 22.4. The molecular weight excluding hydrogens is 418 g/mol. The number of aryl methyl sites for hydroxylation is 1. The second kappa shape index (κ2) is 9.48. The van der Waals surface area contributed by atoms with Gasteiger partial charge in [-0.2, -0.15) is 0 Å². The fraction of sp³-hybridized carbons (Fsp3) is 0.182. The molecule has 8 nitrogen and oxygen atoms in total. The summed E-state index contributed by atoms with van der Waals surface area (Å²) < 4.78 is 33.8. The summed E-state index contributed by atoms with van der Waals surface area (Å²) in [4.78, 5) is 25.3. The highest BCUT2D eigenvalue weighted by molar-refractivity contribution is 7.92. The Morgan fingerprint density at radius 2 is 1.77 bits per heavy atom. The van der Waals surface area contributed by atoms with Crippen LogP contribution in [0.3, 0.4) is 0 Å². The number of benzene rings is 2. The van der Waals surface area contributed by atoms with Gasteiger partial charge in [-0.05, 0) is 48.9 Å². The zero-order valence-corrected chi connectivity index (χ0v) is 18.0. The van der Waals surface area contributed by atoms with E-state index in [0.717, 1.165) is 5.56 Å². The number of carbonyl (C=O) groups excluding carboxylic acids is 1. The van der Waals surface area contributed by atoms with Gasteiger partial charge in [-0.25, -0.2) is 8.42 Å². The van der Waals surface area contributed by atoms with E-state index in [1.54, 1.807) is 50.4 Å². The van der Waals surface area contributed by atoms with Gasteiger partial charge in [0.15, 0.2) is 0 Å². The van der Waals surface area contributed by atoms with Crippen LogP contribution >= 0.6 is 0 Å². The summed E-state index contributed by atoms with van der Waals surface area (Å²) in [6.45, 7) is 1.70. The van der Waals surface area contributed by atoms with Gasteiger partial charge in [0.1, 0.15) is 18.0 Å². The zero-order valence-electron chi connectivity index (χ0n) is 17.2. The lowest BCUT2D eigenvalue weighted by atomic mass is 10.2. The van der Waals surface area contributed by atoms with Crippen LogP contribution in [0.2, 0.25) is 0 Å². The summed E-state index contributed by atoms with van der Waals surface area (Å²) in [6.07, 6.45) is 0. The Morgan fingerprint density at radius 1 is 1.03 bits per heavy atom. The lowest BCUT2D eigenvalue weighted by Gasteiger charge is -2.14. The predicted molar refractivity (Wildman–Crippen MR) is 118 cm³/mol. The van der Waals surface area contributed by atoms with E-state index in [9.17, 15) is 18.0 Å². The SMILES string of the molecule is COc1cccc(CNC(=O)Cn2c(C)ccc(NS(=O)(=O)c3ccccc3)c2=O)c1. The van der Waals surface area contributed by atoms with Gasteiger partial charge in [-0.1, -0.05) is 30.3 Å². The number of methoxy groups -OCH3 is 1. The highest BCUT2D eigenvalue weighted by Gasteiger charge is 2.17. The van der Waals surface area contributed by atoms with E-state index < -0.39 is 15.6 Å². The summed E-state index contributed by atoms with van der Waals surface area (Å²) in [7, 11) is -2.36. The van der Waals surface area contributed by atoms with E-state index in [1.165, 1.54) is 22.8 Å². The third kappa shape index (κ3) is 5.52. The molecule has 1 aromatic heterocycles. The number of rotatable bonds is 8. The van der Waals surface area contributed by atoms with Gasteiger partial charge in [0, 0.05) is 12.2 Å². The molecule has 0 unspecified atom stereocenters. The standard InChI is InChI=1S/C22H23N3O5S/c1-16-11-12-20(24-31(28,29)19-9-4-3-5-10-19)22(27)25(16)15-21(26)23-14-17-7-6-8-18(13-17)30-2/h3-13,24H,14-15H2,1-2H3,(H,23,26). The van der Waals surface area contributed by atoms with Crippen LogP contribution in [0.15, 0.2) is 76.4 Å². The summed E-state index contributed by atoms with van der Waals surface area (Å²) in [5.74, 6) is 0.299. The van der Waals surface area contributed by atoms with Crippen LogP contribution in [0.4, 0.5) is 5.69 Å². The van der Waals surface area contributed by atoms with E-state index in [1.807, 2.05) is 12.1 Å². The lowest BCUT2D eigenvalue weighted by molar-refractivity contribution is -0.121. The average molecular weight is 442 g/mol. The van der Waals surface area contributed by atoms with Crippen LogP contribution in [-0.4, -0.2) is 26.0 Å². The predicted octanol–water partition coefficient (Wildman–Crippen LogP) is 2.28.